The van der Waals surface area contributed by atoms with Crippen LogP contribution in [0.25, 0.3) is 0 Å². The highest BCUT2D eigenvalue weighted by molar-refractivity contribution is 9.10. The van der Waals surface area contributed by atoms with E-state index in [2.05, 4.69) is 28.0 Å². The fourth-order valence-corrected chi connectivity index (χ4v) is 2.60. The van der Waals surface area contributed by atoms with Crippen molar-refractivity contribution in [3.05, 3.63) is 10.7 Å². The number of halogens is 1. The van der Waals surface area contributed by atoms with Crippen LogP contribution < -0.4 is 5.73 Å². The fourth-order valence-electron chi connectivity index (χ4n) is 2.29. The Hall–Kier alpha value is -0.510. The molecule has 0 radical (unpaired) electrons. The second-order valence-corrected chi connectivity index (χ2v) is 6.16. The molecule has 2 N–H and O–H groups in total. The van der Waals surface area contributed by atoms with Gasteiger partial charge in [-0.05, 0) is 22.4 Å². The maximum atomic E-state index is 5.68. The summed E-state index contributed by atoms with van der Waals surface area (Å²) < 4.78 is 2.84. The van der Waals surface area contributed by atoms with Crippen LogP contribution in [0.4, 0.5) is 5.82 Å². The summed E-state index contributed by atoms with van der Waals surface area (Å²) in [6, 6.07) is 0. The number of nitrogen functional groups attached to an aromatic ring is 1. The van der Waals surface area contributed by atoms with Gasteiger partial charge >= 0.3 is 0 Å². The zero-order valence-corrected chi connectivity index (χ0v) is 13.8. The van der Waals surface area contributed by atoms with Gasteiger partial charge in [-0.25, -0.2) is 0 Å². The summed E-state index contributed by atoms with van der Waals surface area (Å²) in [6.45, 7) is 3.25. The molecule has 0 fully saturated rings. The van der Waals surface area contributed by atoms with Gasteiger partial charge in [-0.2, -0.15) is 5.10 Å². The van der Waals surface area contributed by atoms with Crippen LogP contribution in [0.2, 0.25) is 0 Å². The van der Waals surface area contributed by atoms with Crippen LogP contribution in [0.15, 0.2) is 10.7 Å². The molecule has 0 aliphatic rings. The number of hydrogen-bond donors (Lipinski definition) is 1. The Bertz CT molecular complexity index is 317. The van der Waals surface area contributed by atoms with Crippen LogP contribution in [-0.2, 0) is 6.54 Å². The van der Waals surface area contributed by atoms with E-state index >= 15 is 0 Å². The lowest BCUT2D eigenvalue weighted by atomic mass is 10.1. The third-order valence-electron chi connectivity index (χ3n) is 3.48. The molecule has 1 aromatic rings. The minimum absolute atomic E-state index is 0.590. The summed E-state index contributed by atoms with van der Waals surface area (Å²) in [5.41, 5.74) is 5.68. The molecule has 19 heavy (non-hydrogen) atoms. The molecule has 1 aromatic heterocycles. The molecule has 0 unspecified atom stereocenters. The molecule has 4 heteroatoms. The molecule has 3 nitrogen and oxygen atoms in total. The lowest BCUT2D eigenvalue weighted by molar-refractivity contribution is 0.516. The number of anilines is 1. The number of nitrogens with two attached hydrogens (primary N) is 1. The number of rotatable bonds is 11. The summed E-state index contributed by atoms with van der Waals surface area (Å²) in [6.07, 6.45) is 15.6. The Morgan fingerprint density at radius 2 is 1.53 bits per heavy atom. The molecule has 0 amide bonds. The van der Waals surface area contributed by atoms with Crippen molar-refractivity contribution >= 4 is 21.7 Å². The summed E-state index contributed by atoms with van der Waals surface area (Å²) in [4.78, 5) is 0. The van der Waals surface area contributed by atoms with Gasteiger partial charge in [0.1, 0.15) is 0 Å². The van der Waals surface area contributed by atoms with E-state index in [-0.39, 0.29) is 0 Å². The summed E-state index contributed by atoms with van der Waals surface area (Å²) in [5, 5.41) is 4.23. The van der Waals surface area contributed by atoms with Crippen molar-refractivity contribution in [2.45, 2.75) is 77.7 Å². The number of hydrogen-bond acceptors (Lipinski definition) is 2. The minimum Gasteiger partial charge on any atom is -0.381 e. The Morgan fingerprint density at radius 1 is 1.00 bits per heavy atom. The molecule has 0 aliphatic carbocycles. The fraction of sp³-hybridized carbons (Fsp3) is 0.800. The first-order valence-electron chi connectivity index (χ1n) is 7.72. The molecule has 110 valence electrons. The molecule has 0 aromatic carbocycles. The average molecular weight is 330 g/mol. The quantitative estimate of drug-likeness (QED) is 0.570. The zero-order valence-electron chi connectivity index (χ0n) is 12.2. The third kappa shape index (κ3) is 7.61. The van der Waals surface area contributed by atoms with Crippen LogP contribution in [0, 0.1) is 0 Å². The van der Waals surface area contributed by atoms with Crippen molar-refractivity contribution < 1.29 is 0 Å². The first-order chi connectivity index (χ1) is 9.24. The van der Waals surface area contributed by atoms with Crippen LogP contribution >= 0.6 is 15.9 Å². The van der Waals surface area contributed by atoms with Crippen LogP contribution in [0.1, 0.15) is 71.1 Å². The van der Waals surface area contributed by atoms with Gasteiger partial charge in [-0.1, -0.05) is 64.7 Å². The largest absolute Gasteiger partial charge is 0.381 e. The van der Waals surface area contributed by atoms with Gasteiger partial charge in [-0.15, -0.1) is 0 Å². The van der Waals surface area contributed by atoms with E-state index in [9.17, 15) is 0 Å². The highest BCUT2D eigenvalue weighted by Crippen LogP contribution is 2.17. The van der Waals surface area contributed by atoms with Crippen molar-refractivity contribution in [3.63, 3.8) is 0 Å². The predicted octanol–water partition coefficient (Wildman–Crippen LogP) is 5.15. The first kappa shape index (κ1) is 16.5. The van der Waals surface area contributed by atoms with E-state index in [0.29, 0.717) is 5.82 Å². The summed E-state index contributed by atoms with van der Waals surface area (Å²) >= 11 is 3.38. The maximum Gasteiger partial charge on any atom is 0.159 e. The van der Waals surface area contributed by atoms with Crippen molar-refractivity contribution in [1.29, 1.82) is 0 Å². The molecule has 0 aliphatic heterocycles. The van der Waals surface area contributed by atoms with Gasteiger partial charge in [0.2, 0.25) is 0 Å². The normalized spacial score (nSPS) is 11.1. The van der Waals surface area contributed by atoms with E-state index < -0.39 is 0 Å². The van der Waals surface area contributed by atoms with Gasteiger partial charge in [0.25, 0.3) is 0 Å². The van der Waals surface area contributed by atoms with Gasteiger partial charge in [-0.3, -0.25) is 4.68 Å². The Balaban J connectivity index is 1.88. The van der Waals surface area contributed by atoms with E-state index in [0.717, 1.165) is 11.0 Å². The second kappa shape index (κ2) is 10.3. The smallest absolute Gasteiger partial charge is 0.159 e. The Labute approximate surface area is 126 Å². The zero-order chi connectivity index (χ0) is 13.9. The molecule has 0 atom stereocenters. The lowest BCUT2D eigenvalue weighted by Gasteiger charge is -2.03. The van der Waals surface area contributed by atoms with Gasteiger partial charge in [0, 0.05) is 12.7 Å². The minimum atomic E-state index is 0.590. The predicted molar refractivity (Wildman–Crippen MR) is 86.2 cm³/mol. The highest BCUT2D eigenvalue weighted by atomic mass is 79.9. The van der Waals surface area contributed by atoms with Crippen molar-refractivity contribution in [3.8, 4) is 0 Å². The van der Waals surface area contributed by atoms with E-state index in [1.165, 1.54) is 64.2 Å². The van der Waals surface area contributed by atoms with Gasteiger partial charge in [0.15, 0.2) is 5.82 Å². The molecule has 0 saturated heterocycles. The summed E-state index contributed by atoms with van der Waals surface area (Å²) in [7, 11) is 0. The summed E-state index contributed by atoms with van der Waals surface area (Å²) in [5.74, 6) is 0.590. The number of aromatic nitrogens is 2. The first-order valence-corrected chi connectivity index (χ1v) is 8.51. The monoisotopic (exact) mass is 329 g/mol. The number of unbranched alkanes of at least 4 members (excludes halogenated alkanes) is 9. The molecular weight excluding hydrogens is 302 g/mol. The maximum absolute atomic E-state index is 5.68. The molecule has 0 saturated carbocycles. The standard InChI is InChI=1S/C15H28BrN3/c1-2-3-4-5-6-7-8-9-10-11-12-19-13-14(16)15(17)18-19/h13H,2-12H2,1H3,(H2,17,18). The van der Waals surface area contributed by atoms with E-state index in [4.69, 9.17) is 5.73 Å². The van der Waals surface area contributed by atoms with Crippen LogP contribution in [0.3, 0.4) is 0 Å². The molecule has 1 rings (SSSR count). The number of aryl methyl sites for hydroxylation is 1. The van der Waals surface area contributed by atoms with E-state index in [1.54, 1.807) is 0 Å². The molecule has 0 bridgehead atoms. The SMILES string of the molecule is CCCCCCCCCCCCn1cc(Br)c(N)n1. The topological polar surface area (TPSA) is 43.8 Å². The number of nitrogens with zero attached hydrogens (tertiary/aromatic N) is 2. The molecular formula is C15H28BrN3. The van der Waals surface area contributed by atoms with Gasteiger partial charge < -0.3 is 5.73 Å². The van der Waals surface area contributed by atoms with Crippen LogP contribution in [0.5, 0.6) is 0 Å². The molecule has 1 heterocycles. The second-order valence-electron chi connectivity index (χ2n) is 5.31. The average Bonchev–Trinajstić information content (AvgIpc) is 2.71. The Kier molecular flexibility index (Phi) is 8.97. The van der Waals surface area contributed by atoms with Crippen molar-refractivity contribution in [2.75, 3.05) is 5.73 Å². The van der Waals surface area contributed by atoms with Crippen LogP contribution in [-0.4, -0.2) is 9.78 Å². The highest BCUT2D eigenvalue weighted by Gasteiger charge is 2.01. The Morgan fingerprint density at radius 3 is 2.00 bits per heavy atom. The molecule has 0 spiro atoms. The van der Waals surface area contributed by atoms with Crippen molar-refractivity contribution in [1.82, 2.24) is 9.78 Å². The third-order valence-corrected chi connectivity index (χ3v) is 4.09. The van der Waals surface area contributed by atoms with E-state index in [1.807, 2.05) is 10.9 Å². The van der Waals surface area contributed by atoms with Crippen molar-refractivity contribution in [2.24, 2.45) is 0 Å². The van der Waals surface area contributed by atoms with Gasteiger partial charge in [0.05, 0.1) is 4.47 Å². The lowest BCUT2D eigenvalue weighted by Crippen LogP contribution is -1.99.